The summed E-state index contributed by atoms with van der Waals surface area (Å²) < 4.78 is 24.3. The number of ether oxygens (including phenoxy) is 2. The van der Waals surface area contributed by atoms with Crippen molar-refractivity contribution in [2.24, 2.45) is 0 Å². The number of methoxy groups -OCH3 is 2. The zero-order valence-corrected chi connectivity index (χ0v) is 12.5. The van der Waals surface area contributed by atoms with Gasteiger partial charge in [-0.1, -0.05) is 23.7 Å². The smallest absolute Gasteiger partial charge is 0.163 e. The van der Waals surface area contributed by atoms with Crippen molar-refractivity contribution in [1.29, 1.82) is 0 Å². The normalized spacial score (nSPS) is 12.1. The second-order valence-corrected chi connectivity index (χ2v) is 5.02. The van der Waals surface area contributed by atoms with Crippen molar-refractivity contribution in [2.45, 2.75) is 5.38 Å². The third-order valence-electron chi connectivity index (χ3n) is 2.92. The summed E-state index contributed by atoms with van der Waals surface area (Å²) in [6.45, 7) is 0. The van der Waals surface area contributed by atoms with Crippen LogP contribution in [0.2, 0.25) is 5.02 Å². The van der Waals surface area contributed by atoms with E-state index < -0.39 is 11.2 Å². The monoisotopic (exact) mass is 314 g/mol. The van der Waals surface area contributed by atoms with Gasteiger partial charge in [0.25, 0.3) is 0 Å². The molecule has 0 fully saturated rings. The molecule has 0 aliphatic heterocycles. The molecule has 5 heteroatoms. The molecule has 0 heterocycles. The van der Waals surface area contributed by atoms with E-state index in [0.717, 1.165) is 0 Å². The maximum absolute atomic E-state index is 14.1. The average molecular weight is 315 g/mol. The van der Waals surface area contributed by atoms with Gasteiger partial charge in [0, 0.05) is 16.7 Å². The highest BCUT2D eigenvalue weighted by Crippen LogP contribution is 2.37. The van der Waals surface area contributed by atoms with Crippen LogP contribution < -0.4 is 9.47 Å². The maximum atomic E-state index is 14.1. The SMILES string of the molecule is COc1cc(F)c(C(Cl)c2cccc(Cl)c2)cc1OC. The number of rotatable bonds is 4. The minimum atomic E-state index is -0.659. The Balaban J connectivity index is 2.46. The predicted octanol–water partition coefficient (Wildman–Crippen LogP) is 4.82. The van der Waals surface area contributed by atoms with Crippen LogP contribution in [-0.2, 0) is 0 Å². The topological polar surface area (TPSA) is 18.5 Å². The molecule has 0 aromatic heterocycles. The molecule has 2 aromatic rings. The molecule has 2 rings (SSSR count). The first kappa shape index (κ1) is 14.9. The van der Waals surface area contributed by atoms with Gasteiger partial charge < -0.3 is 9.47 Å². The van der Waals surface area contributed by atoms with Crippen molar-refractivity contribution < 1.29 is 13.9 Å². The molecular weight excluding hydrogens is 302 g/mol. The van der Waals surface area contributed by atoms with Crippen molar-refractivity contribution >= 4 is 23.2 Å². The zero-order valence-electron chi connectivity index (χ0n) is 11.0. The quantitative estimate of drug-likeness (QED) is 0.753. The van der Waals surface area contributed by atoms with E-state index in [1.54, 1.807) is 24.3 Å². The molecule has 0 saturated carbocycles. The molecule has 2 aromatic carbocycles. The van der Waals surface area contributed by atoms with E-state index in [0.29, 0.717) is 27.6 Å². The summed E-state index contributed by atoms with van der Waals surface area (Å²) in [5.74, 6) is 0.294. The number of benzene rings is 2. The predicted molar refractivity (Wildman–Crippen MR) is 78.7 cm³/mol. The molecule has 0 bridgehead atoms. The van der Waals surface area contributed by atoms with E-state index in [1.165, 1.54) is 26.4 Å². The molecule has 0 saturated heterocycles. The third kappa shape index (κ3) is 3.00. The summed E-state index contributed by atoms with van der Waals surface area (Å²) in [7, 11) is 2.94. The molecule has 0 aliphatic carbocycles. The fraction of sp³-hybridized carbons (Fsp3) is 0.200. The summed E-state index contributed by atoms with van der Waals surface area (Å²) in [6, 6.07) is 9.79. The molecule has 20 heavy (non-hydrogen) atoms. The molecular formula is C15H13Cl2FO2. The summed E-state index contributed by atoms with van der Waals surface area (Å²) in [6.07, 6.45) is 0. The Morgan fingerprint density at radius 1 is 1.05 bits per heavy atom. The van der Waals surface area contributed by atoms with Crippen molar-refractivity contribution in [1.82, 2.24) is 0 Å². The Labute approximate surface area is 127 Å². The van der Waals surface area contributed by atoms with E-state index in [4.69, 9.17) is 32.7 Å². The first-order chi connectivity index (χ1) is 9.56. The number of hydrogen-bond donors (Lipinski definition) is 0. The van der Waals surface area contributed by atoms with Crippen molar-refractivity contribution in [2.75, 3.05) is 14.2 Å². The molecule has 1 atom stereocenters. The average Bonchev–Trinajstić information content (AvgIpc) is 2.46. The van der Waals surface area contributed by atoms with Crippen LogP contribution in [-0.4, -0.2) is 14.2 Å². The lowest BCUT2D eigenvalue weighted by molar-refractivity contribution is 0.351. The van der Waals surface area contributed by atoms with Gasteiger partial charge in [0.2, 0.25) is 0 Å². The van der Waals surface area contributed by atoms with Gasteiger partial charge in [-0.2, -0.15) is 0 Å². The Hall–Kier alpha value is -1.45. The van der Waals surface area contributed by atoms with Crippen LogP contribution in [0.25, 0.3) is 0 Å². The van der Waals surface area contributed by atoms with Crippen LogP contribution in [0.4, 0.5) is 4.39 Å². The second-order valence-electron chi connectivity index (χ2n) is 4.15. The lowest BCUT2D eigenvalue weighted by Gasteiger charge is -2.15. The van der Waals surface area contributed by atoms with Gasteiger partial charge in [-0.15, -0.1) is 11.6 Å². The Bertz CT molecular complexity index is 617. The van der Waals surface area contributed by atoms with E-state index in [1.807, 2.05) is 0 Å². The standard InChI is InChI=1S/C15H13Cl2FO2/c1-19-13-7-11(12(18)8-14(13)20-2)15(17)9-4-3-5-10(16)6-9/h3-8,15H,1-2H3. The van der Waals surface area contributed by atoms with Crippen molar-refractivity contribution in [3.63, 3.8) is 0 Å². The van der Waals surface area contributed by atoms with Gasteiger partial charge in [0.05, 0.1) is 19.6 Å². The van der Waals surface area contributed by atoms with E-state index in [9.17, 15) is 4.39 Å². The molecule has 1 unspecified atom stereocenters. The minimum Gasteiger partial charge on any atom is -0.493 e. The molecule has 0 aliphatic rings. The number of halogens is 3. The summed E-state index contributed by atoms with van der Waals surface area (Å²) >= 11 is 12.3. The zero-order chi connectivity index (χ0) is 14.7. The third-order valence-corrected chi connectivity index (χ3v) is 3.64. The van der Waals surface area contributed by atoms with Crippen LogP contribution in [0.15, 0.2) is 36.4 Å². The highest BCUT2D eigenvalue weighted by molar-refractivity contribution is 6.30. The lowest BCUT2D eigenvalue weighted by atomic mass is 10.0. The van der Waals surface area contributed by atoms with Gasteiger partial charge in [0.15, 0.2) is 11.5 Å². The van der Waals surface area contributed by atoms with Crippen LogP contribution >= 0.6 is 23.2 Å². The molecule has 2 nitrogen and oxygen atoms in total. The van der Waals surface area contributed by atoms with Crippen LogP contribution in [0.3, 0.4) is 0 Å². The largest absolute Gasteiger partial charge is 0.493 e. The van der Waals surface area contributed by atoms with Gasteiger partial charge in [-0.05, 0) is 23.8 Å². The molecule has 0 amide bonds. The fourth-order valence-electron chi connectivity index (χ4n) is 1.91. The summed E-state index contributed by atoms with van der Waals surface area (Å²) in [4.78, 5) is 0. The second kappa shape index (κ2) is 6.33. The summed E-state index contributed by atoms with van der Waals surface area (Å²) in [5.41, 5.74) is 1.02. The van der Waals surface area contributed by atoms with Crippen LogP contribution in [0.1, 0.15) is 16.5 Å². The van der Waals surface area contributed by atoms with Gasteiger partial charge in [0.1, 0.15) is 5.82 Å². The van der Waals surface area contributed by atoms with Crippen molar-refractivity contribution in [3.05, 3.63) is 58.4 Å². The molecule has 0 radical (unpaired) electrons. The van der Waals surface area contributed by atoms with Crippen molar-refractivity contribution in [3.8, 4) is 11.5 Å². The van der Waals surface area contributed by atoms with E-state index >= 15 is 0 Å². The van der Waals surface area contributed by atoms with Crippen LogP contribution in [0.5, 0.6) is 11.5 Å². The van der Waals surface area contributed by atoms with Gasteiger partial charge >= 0.3 is 0 Å². The molecule has 0 spiro atoms. The summed E-state index contributed by atoms with van der Waals surface area (Å²) in [5, 5.41) is -0.109. The number of alkyl halides is 1. The van der Waals surface area contributed by atoms with E-state index in [-0.39, 0.29) is 0 Å². The fourth-order valence-corrected chi connectivity index (χ4v) is 2.41. The first-order valence-corrected chi connectivity index (χ1v) is 6.69. The Morgan fingerprint density at radius 3 is 2.30 bits per heavy atom. The lowest BCUT2D eigenvalue weighted by Crippen LogP contribution is -2.00. The minimum absolute atomic E-state index is 0.312. The molecule has 0 N–H and O–H groups in total. The van der Waals surface area contributed by atoms with Gasteiger partial charge in [-0.25, -0.2) is 4.39 Å². The Kier molecular flexibility index (Phi) is 4.73. The Morgan fingerprint density at radius 2 is 1.70 bits per heavy atom. The highest BCUT2D eigenvalue weighted by Gasteiger charge is 2.19. The van der Waals surface area contributed by atoms with Gasteiger partial charge in [-0.3, -0.25) is 0 Å². The highest BCUT2D eigenvalue weighted by atomic mass is 35.5. The van der Waals surface area contributed by atoms with Crippen LogP contribution in [0, 0.1) is 5.82 Å². The maximum Gasteiger partial charge on any atom is 0.163 e. The first-order valence-electron chi connectivity index (χ1n) is 5.87. The van der Waals surface area contributed by atoms with E-state index in [2.05, 4.69) is 0 Å². The molecule has 106 valence electrons. The number of hydrogen-bond acceptors (Lipinski definition) is 2.